The van der Waals surface area contributed by atoms with Crippen LogP contribution in [-0.4, -0.2) is 17.7 Å². The second-order valence-electron chi connectivity index (χ2n) is 4.87. The lowest BCUT2D eigenvalue weighted by atomic mass is 9.95. The summed E-state index contributed by atoms with van der Waals surface area (Å²) in [4.78, 5) is 12.8. The van der Waals surface area contributed by atoms with Crippen LogP contribution in [-0.2, 0) is 4.79 Å². The number of hydrogen-bond acceptors (Lipinski definition) is 3. The Morgan fingerprint density at radius 1 is 1.37 bits per heavy atom. The monoisotopic (exact) mass is 298 g/mol. The molecule has 0 atom stereocenters. The van der Waals surface area contributed by atoms with Crippen molar-refractivity contribution in [2.45, 2.75) is 43.0 Å². The van der Waals surface area contributed by atoms with Crippen LogP contribution in [0.1, 0.15) is 32.1 Å². The molecule has 1 aromatic carbocycles. The molecule has 3 nitrogen and oxygen atoms in total. The third-order valence-electron chi connectivity index (χ3n) is 3.31. The zero-order chi connectivity index (χ0) is 13.7. The molecule has 1 fully saturated rings. The van der Waals surface area contributed by atoms with Crippen molar-refractivity contribution in [3.63, 3.8) is 0 Å². The van der Waals surface area contributed by atoms with Crippen molar-refractivity contribution in [3.8, 4) is 0 Å². The van der Waals surface area contributed by atoms with Gasteiger partial charge in [-0.05, 0) is 31.0 Å². The molecule has 1 saturated carbocycles. The zero-order valence-electron chi connectivity index (χ0n) is 10.8. The van der Waals surface area contributed by atoms with Gasteiger partial charge in [-0.25, -0.2) is 0 Å². The molecule has 0 radical (unpaired) electrons. The smallest absolute Gasteiger partial charge is 0.230 e. The molecule has 1 aliphatic rings. The molecule has 3 N–H and O–H groups in total. The Morgan fingerprint density at radius 3 is 2.79 bits per heavy atom. The average Bonchev–Trinajstić information content (AvgIpc) is 2.41. The standard InChI is InChI=1S/C14H19ClN2OS/c15-12-8-11(6-7-13(12)16)19-9-14(18)17-10-4-2-1-3-5-10/h6-8,10H,1-5,9,16H2,(H,17,18). The molecule has 0 aromatic heterocycles. The predicted molar refractivity (Wildman–Crippen MR) is 81.6 cm³/mol. The Kier molecular flexibility index (Phi) is 5.40. The van der Waals surface area contributed by atoms with Gasteiger partial charge in [0.15, 0.2) is 0 Å². The van der Waals surface area contributed by atoms with Crippen molar-refractivity contribution in [2.75, 3.05) is 11.5 Å². The molecule has 0 spiro atoms. The van der Waals surface area contributed by atoms with E-state index in [1.807, 2.05) is 6.07 Å². The van der Waals surface area contributed by atoms with Crippen LogP contribution in [0.2, 0.25) is 5.02 Å². The van der Waals surface area contributed by atoms with Gasteiger partial charge in [0.25, 0.3) is 0 Å². The van der Waals surface area contributed by atoms with Gasteiger partial charge in [0.1, 0.15) is 0 Å². The number of amides is 1. The maximum absolute atomic E-state index is 11.8. The molecular weight excluding hydrogens is 280 g/mol. The van der Waals surface area contributed by atoms with Gasteiger partial charge in [0.2, 0.25) is 5.91 Å². The summed E-state index contributed by atoms with van der Waals surface area (Å²) in [5, 5.41) is 3.64. The first-order valence-corrected chi connectivity index (χ1v) is 7.98. The van der Waals surface area contributed by atoms with Gasteiger partial charge in [-0.1, -0.05) is 30.9 Å². The first-order chi connectivity index (χ1) is 9.15. The van der Waals surface area contributed by atoms with E-state index in [4.69, 9.17) is 17.3 Å². The van der Waals surface area contributed by atoms with Crippen LogP contribution in [0.3, 0.4) is 0 Å². The van der Waals surface area contributed by atoms with E-state index in [2.05, 4.69) is 5.32 Å². The molecule has 0 heterocycles. The predicted octanol–water partition coefficient (Wildman–Crippen LogP) is 3.46. The minimum absolute atomic E-state index is 0.102. The summed E-state index contributed by atoms with van der Waals surface area (Å²) in [6, 6.07) is 5.83. The summed E-state index contributed by atoms with van der Waals surface area (Å²) in [6.07, 6.45) is 5.98. The minimum atomic E-state index is 0.102. The van der Waals surface area contributed by atoms with Gasteiger partial charge < -0.3 is 11.1 Å². The fourth-order valence-electron chi connectivity index (χ4n) is 2.26. The van der Waals surface area contributed by atoms with Crippen molar-refractivity contribution in [1.29, 1.82) is 0 Å². The Hall–Kier alpha value is -0.870. The van der Waals surface area contributed by atoms with Crippen LogP contribution < -0.4 is 11.1 Å². The number of nitrogen functional groups attached to an aromatic ring is 1. The molecule has 0 bridgehead atoms. The Labute approximate surface area is 123 Å². The Bertz CT molecular complexity index is 447. The summed E-state index contributed by atoms with van der Waals surface area (Å²) < 4.78 is 0. The van der Waals surface area contributed by atoms with E-state index in [0.29, 0.717) is 22.5 Å². The maximum atomic E-state index is 11.8. The van der Waals surface area contributed by atoms with Gasteiger partial charge in [0.05, 0.1) is 16.5 Å². The second-order valence-corrected chi connectivity index (χ2v) is 6.33. The van der Waals surface area contributed by atoms with Crippen molar-refractivity contribution in [1.82, 2.24) is 5.32 Å². The topological polar surface area (TPSA) is 55.1 Å². The van der Waals surface area contributed by atoms with Gasteiger partial charge >= 0.3 is 0 Å². The first-order valence-electron chi connectivity index (χ1n) is 6.62. The summed E-state index contributed by atoms with van der Waals surface area (Å²) in [6.45, 7) is 0. The van der Waals surface area contributed by atoms with Gasteiger partial charge in [0, 0.05) is 10.9 Å². The van der Waals surface area contributed by atoms with Crippen LogP contribution in [0.15, 0.2) is 23.1 Å². The molecule has 104 valence electrons. The molecule has 0 aliphatic heterocycles. The number of nitrogens with two attached hydrogens (primary N) is 1. The van der Waals surface area contributed by atoms with Crippen LogP contribution in [0.5, 0.6) is 0 Å². The molecule has 0 unspecified atom stereocenters. The molecule has 19 heavy (non-hydrogen) atoms. The first kappa shape index (κ1) is 14.5. The lowest BCUT2D eigenvalue weighted by molar-refractivity contribution is -0.119. The van der Waals surface area contributed by atoms with Crippen LogP contribution in [0, 0.1) is 0 Å². The number of carbonyl (C=O) groups is 1. The average molecular weight is 299 g/mol. The molecular formula is C14H19ClN2OS. The maximum Gasteiger partial charge on any atom is 0.230 e. The van der Waals surface area contributed by atoms with Crippen molar-refractivity contribution in [3.05, 3.63) is 23.2 Å². The fraction of sp³-hybridized carbons (Fsp3) is 0.500. The summed E-state index contributed by atoms with van der Waals surface area (Å²) in [7, 11) is 0. The van der Waals surface area contributed by atoms with Crippen LogP contribution >= 0.6 is 23.4 Å². The molecule has 1 amide bonds. The highest BCUT2D eigenvalue weighted by atomic mass is 35.5. The number of carbonyl (C=O) groups excluding carboxylic acids is 1. The normalized spacial score (nSPS) is 16.3. The third-order valence-corrected chi connectivity index (χ3v) is 4.63. The highest BCUT2D eigenvalue weighted by molar-refractivity contribution is 8.00. The van der Waals surface area contributed by atoms with Crippen LogP contribution in [0.4, 0.5) is 5.69 Å². The largest absolute Gasteiger partial charge is 0.398 e. The molecule has 5 heteroatoms. The third kappa shape index (κ3) is 4.62. The quantitative estimate of drug-likeness (QED) is 0.661. The number of halogens is 1. The molecule has 1 aliphatic carbocycles. The van der Waals surface area contributed by atoms with E-state index in [1.54, 1.807) is 12.1 Å². The van der Waals surface area contributed by atoms with Crippen molar-refractivity contribution < 1.29 is 4.79 Å². The number of hydrogen-bond donors (Lipinski definition) is 2. The van der Waals surface area contributed by atoms with Crippen molar-refractivity contribution in [2.24, 2.45) is 0 Å². The fourth-order valence-corrected chi connectivity index (χ4v) is 3.25. The van der Waals surface area contributed by atoms with E-state index in [-0.39, 0.29) is 5.91 Å². The van der Waals surface area contributed by atoms with Gasteiger partial charge in [-0.2, -0.15) is 0 Å². The van der Waals surface area contributed by atoms with E-state index in [1.165, 1.54) is 31.0 Å². The SMILES string of the molecule is Nc1ccc(SCC(=O)NC2CCCCC2)cc1Cl. The highest BCUT2D eigenvalue weighted by Gasteiger charge is 2.15. The minimum Gasteiger partial charge on any atom is -0.398 e. The summed E-state index contributed by atoms with van der Waals surface area (Å²) in [5.41, 5.74) is 6.22. The number of nitrogens with one attached hydrogen (secondary N) is 1. The van der Waals surface area contributed by atoms with Gasteiger partial charge in [-0.15, -0.1) is 11.8 Å². The lowest BCUT2D eigenvalue weighted by Crippen LogP contribution is -2.37. The highest BCUT2D eigenvalue weighted by Crippen LogP contribution is 2.26. The van der Waals surface area contributed by atoms with E-state index >= 15 is 0 Å². The van der Waals surface area contributed by atoms with E-state index in [0.717, 1.165) is 17.7 Å². The van der Waals surface area contributed by atoms with Gasteiger partial charge in [-0.3, -0.25) is 4.79 Å². The second kappa shape index (κ2) is 7.06. The van der Waals surface area contributed by atoms with Crippen molar-refractivity contribution >= 4 is 35.0 Å². The van der Waals surface area contributed by atoms with E-state index in [9.17, 15) is 4.79 Å². The lowest BCUT2D eigenvalue weighted by Gasteiger charge is -2.22. The Balaban J connectivity index is 1.77. The summed E-state index contributed by atoms with van der Waals surface area (Å²) >= 11 is 7.43. The Morgan fingerprint density at radius 2 is 2.11 bits per heavy atom. The molecule has 1 aromatic rings. The summed E-state index contributed by atoms with van der Waals surface area (Å²) in [5.74, 6) is 0.529. The number of rotatable bonds is 4. The van der Waals surface area contributed by atoms with E-state index < -0.39 is 0 Å². The van der Waals surface area contributed by atoms with Crippen LogP contribution in [0.25, 0.3) is 0 Å². The number of benzene rings is 1. The zero-order valence-corrected chi connectivity index (χ0v) is 12.4. The number of anilines is 1. The number of thioether (sulfide) groups is 1. The molecule has 0 saturated heterocycles. The molecule has 2 rings (SSSR count).